The summed E-state index contributed by atoms with van der Waals surface area (Å²) in [6.45, 7) is 2.00. The number of nitrogens with two attached hydrogens (primary N) is 1. The van der Waals surface area contributed by atoms with Crippen LogP contribution in [0.3, 0.4) is 0 Å². The quantitative estimate of drug-likeness (QED) is 0.789. The minimum Gasteiger partial charge on any atom is -0.325 e. The van der Waals surface area contributed by atoms with E-state index in [-0.39, 0.29) is 6.04 Å². The fraction of sp³-hybridized carbons (Fsp3) is 0.176. The van der Waals surface area contributed by atoms with Crippen molar-refractivity contribution in [1.29, 1.82) is 0 Å². The van der Waals surface area contributed by atoms with Gasteiger partial charge in [-0.3, -0.25) is 0 Å². The SMILES string of the molecule is CC(N)/C=C/C1c2ccccc2-c2ccccc21. The second-order valence-corrected chi connectivity index (χ2v) is 4.90. The molecule has 1 unspecified atom stereocenters. The molecule has 2 aromatic carbocycles. The van der Waals surface area contributed by atoms with Crippen LogP contribution in [0.5, 0.6) is 0 Å². The molecule has 1 aliphatic carbocycles. The molecule has 0 bridgehead atoms. The highest BCUT2D eigenvalue weighted by Crippen LogP contribution is 2.44. The van der Waals surface area contributed by atoms with Gasteiger partial charge in [0.15, 0.2) is 0 Å². The number of rotatable bonds is 2. The van der Waals surface area contributed by atoms with Crippen molar-refractivity contribution in [3.05, 3.63) is 71.8 Å². The molecule has 90 valence electrons. The highest BCUT2D eigenvalue weighted by atomic mass is 14.6. The van der Waals surface area contributed by atoms with E-state index >= 15 is 0 Å². The number of fused-ring (bicyclic) bond motifs is 3. The standard InChI is InChI=1S/C17H17N/c1-12(18)10-11-17-15-8-4-2-6-13(15)14-7-3-5-9-16(14)17/h2-12,17H,18H2,1H3/b11-10+. The molecule has 2 N–H and O–H groups in total. The van der Waals surface area contributed by atoms with Crippen molar-refractivity contribution in [2.45, 2.75) is 18.9 Å². The second kappa shape index (κ2) is 4.43. The molecule has 0 saturated carbocycles. The van der Waals surface area contributed by atoms with Gasteiger partial charge in [0.25, 0.3) is 0 Å². The van der Waals surface area contributed by atoms with E-state index in [4.69, 9.17) is 5.73 Å². The Bertz CT molecular complexity index is 551. The van der Waals surface area contributed by atoms with E-state index in [9.17, 15) is 0 Å². The topological polar surface area (TPSA) is 26.0 Å². The number of hydrogen-bond acceptors (Lipinski definition) is 1. The second-order valence-electron chi connectivity index (χ2n) is 4.90. The molecular formula is C17H17N. The van der Waals surface area contributed by atoms with Crippen molar-refractivity contribution in [1.82, 2.24) is 0 Å². The van der Waals surface area contributed by atoms with Crippen molar-refractivity contribution < 1.29 is 0 Å². The summed E-state index contributed by atoms with van der Waals surface area (Å²) in [7, 11) is 0. The molecule has 1 heteroatoms. The Hall–Kier alpha value is -1.86. The van der Waals surface area contributed by atoms with Gasteiger partial charge in [-0.15, -0.1) is 0 Å². The maximum Gasteiger partial charge on any atom is 0.0282 e. The van der Waals surface area contributed by atoms with Crippen LogP contribution in [-0.2, 0) is 0 Å². The predicted octanol–water partition coefficient (Wildman–Crippen LogP) is 3.70. The van der Waals surface area contributed by atoms with Gasteiger partial charge in [-0.25, -0.2) is 0 Å². The molecule has 0 fully saturated rings. The van der Waals surface area contributed by atoms with E-state index in [0.29, 0.717) is 5.92 Å². The van der Waals surface area contributed by atoms with E-state index < -0.39 is 0 Å². The van der Waals surface area contributed by atoms with Gasteiger partial charge in [0.2, 0.25) is 0 Å². The van der Waals surface area contributed by atoms with Gasteiger partial charge in [0, 0.05) is 12.0 Å². The first-order valence-electron chi connectivity index (χ1n) is 6.39. The van der Waals surface area contributed by atoms with Crippen LogP contribution in [0.25, 0.3) is 11.1 Å². The van der Waals surface area contributed by atoms with Crippen LogP contribution in [0.2, 0.25) is 0 Å². The molecule has 1 nitrogen and oxygen atoms in total. The molecule has 0 radical (unpaired) electrons. The summed E-state index contributed by atoms with van der Waals surface area (Å²) < 4.78 is 0. The molecular weight excluding hydrogens is 218 g/mol. The molecule has 0 aliphatic heterocycles. The summed E-state index contributed by atoms with van der Waals surface area (Å²) in [6, 6.07) is 17.4. The van der Waals surface area contributed by atoms with E-state index in [1.165, 1.54) is 22.3 Å². The zero-order valence-corrected chi connectivity index (χ0v) is 10.5. The Morgan fingerprint density at radius 3 is 1.94 bits per heavy atom. The first-order valence-corrected chi connectivity index (χ1v) is 6.39. The molecule has 1 atom stereocenters. The van der Waals surface area contributed by atoms with Crippen LogP contribution in [0.1, 0.15) is 24.0 Å². The average Bonchev–Trinajstić information content (AvgIpc) is 2.71. The zero-order chi connectivity index (χ0) is 12.5. The molecule has 0 heterocycles. The molecule has 1 aliphatic rings. The number of hydrogen-bond donors (Lipinski definition) is 1. The first-order chi connectivity index (χ1) is 8.77. The van der Waals surface area contributed by atoms with Gasteiger partial charge >= 0.3 is 0 Å². The maximum absolute atomic E-state index is 5.82. The zero-order valence-electron chi connectivity index (χ0n) is 10.5. The summed E-state index contributed by atoms with van der Waals surface area (Å²) in [5, 5.41) is 0. The van der Waals surface area contributed by atoms with Crippen molar-refractivity contribution in [2.75, 3.05) is 0 Å². The lowest BCUT2D eigenvalue weighted by molar-refractivity contribution is 0.910. The van der Waals surface area contributed by atoms with Crippen LogP contribution >= 0.6 is 0 Å². The van der Waals surface area contributed by atoms with Crippen LogP contribution in [0.4, 0.5) is 0 Å². The van der Waals surface area contributed by atoms with Crippen LogP contribution < -0.4 is 5.73 Å². The van der Waals surface area contributed by atoms with Crippen LogP contribution in [0.15, 0.2) is 60.7 Å². The van der Waals surface area contributed by atoms with Crippen molar-refractivity contribution in [3.8, 4) is 11.1 Å². The Kier molecular flexibility index (Phi) is 2.77. The smallest absolute Gasteiger partial charge is 0.0282 e. The summed E-state index contributed by atoms with van der Waals surface area (Å²) >= 11 is 0. The van der Waals surface area contributed by atoms with Gasteiger partial charge in [0.05, 0.1) is 0 Å². The van der Waals surface area contributed by atoms with Gasteiger partial charge in [0.1, 0.15) is 0 Å². The van der Waals surface area contributed by atoms with Gasteiger partial charge in [-0.2, -0.15) is 0 Å². The van der Waals surface area contributed by atoms with Gasteiger partial charge in [-0.05, 0) is 29.2 Å². The molecule has 18 heavy (non-hydrogen) atoms. The van der Waals surface area contributed by atoms with Gasteiger partial charge < -0.3 is 5.73 Å². The highest BCUT2D eigenvalue weighted by Gasteiger charge is 2.25. The van der Waals surface area contributed by atoms with Crippen molar-refractivity contribution in [3.63, 3.8) is 0 Å². The van der Waals surface area contributed by atoms with Crippen LogP contribution in [-0.4, -0.2) is 6.04 Å². The van der Waals surface area contributed by atoms with Crippen LogP contribution in [0, 0.1) is 0 Å². The Labute approximate surface area is 108 Å². The Morgan fingerprint density at radius 1 is 0.944 bits per heavy atom. The molecule has 0 saturated heterocycles. The maximum atomic E-state index is 5.82. The largest absolute Gasteiger partial charge is 0.325 e. The predicted molar refractivity (Wildman–Crippen MR) is 76.5 cm³/mol. The summed E-state index contributed by atoms with van der Waals surface area (Å²) in [4.78, 5) is 0. The monoisotopic (exact) mass is 235 g/mol. The van der Waals surface area contributed by atoms with E-state index in [1.54, 1.807) is 0 Å². The lowest BCUT2D eigenvalue weighted by Gasteiger charge is -2.08. The summed E-state index contributed by atoms with van der Waals surface area (Å²) in [6.07, 6.45) is 4.32. The third kappa shape index (κ3) is 1.77. The molecule has 0 amide bonds. The Morgan fingerprint density at radius 2 is 1.44 bits per heavy atom. The number of allylic oxidation sites excluding steroid dienone is 1. The fourth-order valence-corrected chi connectivity index (χ4v) is 2.69. The fourth-order valence-electron chi connectivity index (χ4n) is 2.69. The molecule has 0 spiro atoms. The highest BCUT2D eigenvalue weighted by molar-refractivity contribution is 5.79. The molecule has 0 aromatic heterocycles. The third-order valence-electron chi connectivity index (χ3n) is 3.49. The molecule has 2 aromatic rings. The first kappa shape index (κ1) is 11.2. The van der Waals surface area contributed by atoms with E-state index in [2.05, 4.69) is 60.7 Å². The van der Waals surface area contributed by atoms with E-state index in [1.807, 2.05) is 6.92 Å². The van der Waals surface area contributed by atoms with E-state index in [0.717, 1.165) is 0 Å². The average molecular weight is 235 g/mol. The summed E-state index contributed by atoms with van der Waals surface area (Å²) in [5.41, 5.74) is 11.3. The minimum absolute atomic E-state index is 0.102. The van der Waals surface area contributed by atoms with Crippen molar-refractivity contribution >= 4 is 0 Å². The minimum atomic E-state index is 0.102. The third-order valence-corrected chi connectivity index (χ3v) is 3.49. The normalized spacial score (nSPS) is 15.7. The lowest BCUT2D eigenvalue weighted by Crippen LogP contribution is -2.10. The lowest BCUT2D eigenvalue weighted by atomic mass is 9.96. The molecule has 3 rings (SSSR count). The van der Waals surface area contributed by atoms with Gasteiger partial charge in [-0.1, -0.05) is 60.7 Å². The Balaban J connectivity index is 2.15. The number of benzene rings is 2. The van der Waals surface area contributed by atoms with Crippen molar-refractivity contribution in [2.24, 2.45) is 5.73 Å². The summed E-state index contributed by atoms with van der Waals surface area (Å²) in [5.74, 6) is 0.350.